The van der Waals surface area contributed by atoms with Crippen molar-refractivity contribution in [2.45, 2.75) is 69.9 Å². The zero-order valence-electron chi connectivity index (χ0n) is 12.6. The fourth-order valence-electron chi connectivity index (χ4n) is 4.55. The first-order valence-corrected chi connectivity index (χ1v) is 8.46. The maximum atomic E-state index is 12.3. The van der Waals surface area contributed by atoms with Crippen LogP contribution in [0, 0.1) is 11.8 Å². The van der Waals surface area contributed by atoms with Gasteiger partial charge >= 0.3 is 12.0 Å². The Morgan fingerprint density at radius 3 is 2.57 bits per heavy atom. The van der Waals surface area contributed by atoms with Crippen LogP contribution in [0.25, 0.3) is 0 Å². The number of nitrogens with one attached hydrogen (secondary N) is 1. The van der Waals surface area contributed by atoms with E-state index in [0.29, 0.717) is 6.42 Å². The summed E-state index contributed by atoms with van der Waals surface area (Å²) in [6.07, 6.45) is 10.1. The van der Waals surface area contributed by atoms with Crippen molar-refractivity contribution < 1.29 is 14.7 Å². The molecule has 2 amide bonds. The van der Waals surface area contributed by atoms with E-state index in [-0.39, 0.29) is 24.0 Å². The van der Waals surface area contributed by atoms with Crippen molar-refractivity contribution in [2.75, 3.05) is 6.54 Å². The molecule has 118 valence electrons. The van der Waals surface area contributed by atoms with Crippen molar-refractivity contribution >= 4 is 12.0 Å². The van der Waals surface area contributed by atoms with Crippen LogP contribution in [0.2, 0.25) is 0 Å². The maximum absolute atomic E-state index is 12.3. The molecular weight excluding hydrogens is 268 g/mol. The second-order valence-corrected chi connectivity index (χ2v) is 6.91. The van der Waals surface area contributed by atoms with Gasteiger partial charge in [-0.2, -0.15) is 0 Å². The number of hydrogen-bond donors (Lipinski definition) is 2. The van der Waals surface area contributed by atoms with Gasteiger partial charge in [-0.3, -0.25) is 4.79 Å². The molecule has 5 heteroatoms. The minimum atomic E-state index is -0.749. The van der Waals surface area contributed by atoms with Crippen LogP contribution in [-0.4, -0.2) is 40.6 Å². The Balaban J connectivity index is 1.42. The van der Waals surface area contributed by atoms with E-state index in [2.05, 4.69) is 5.32 Å². The molecule has 0 aromatic rings. The van der Waals surface area contributed by atoms with Gasteiger partial charge in [-0.1, -0.05) is 25.7 Å². The first-order chi connectivity index (χ1) is 10.2. The van der Waals surface area contributed by atoms with E-state index in [1.165, 1.54) is 32.1 Å². The lowest BCUT2D eigenvalue weighted by molar-refractivity contribution is -0.142. The predicted octanol–water partition coefficient (Wildman–Crippen LogP) is 2.60. The molecule has 2 saturated heterocycles. The summed E-state index contributed by atoms with van der Waals surface area (Å²) in [5.41, 5.74) is 0. The molecule has 3 atom stereocenters. The van der Waals surface area contributed by atoms with Gasteiger partial charge in [0.05, 0.1) is 5.92 Å². The monoisotopic (exact) mass is 294 g/mol. The molecule has 1 aliphatic carbocycles. The van der Waals surface area contributed by atoms with Gasteiger partial charge in [-0.05, 0) is 38.0 Å². The Bertz CT molecular complexity index is 406. The van der Waals surface area contributed by atoms with Crippen molar-refractivity contribution in [1.29, 1.82) is 0 Å². The number of rotatable bonds is 5. The van der Waals surface area contributed by atoms with Crippen molar-refractivity contribution in [3.05, 3.63) is 0 Å². The van der Waals surface area contributed by atoms with E-state index >= 15 is 0 Å². The highest BCUT2D eigenvalue weighted by Crippen LogP contribution is 2.41. The third kappa shape index (κ3) is 3.01. The first-order valence-electron chi connectivity index (χ1n) is 8.46. The number of carbonyl (C=O) groups is 2. The molecule has 0 aromatic carbocycles. The maximum Gasteiger partial charge on any atom is 0.317 e. The minimum absolute atomic E-state index is 0.0438. The predicted molar refractivity (Wildman–Crippen MR) is 79.0 cm³/mol. The third-order valence-corrected chi connectivity index (χ3v) is 5.63. The van der Waals surface area contributed by atoms with E-state index in [1.54, 1.807) is 0 Å². The third-order valence-electron chi connectivity index (χ3n) is 5.63. The van der Waals surface area contributed by atoms with Crippen LogP contribution in [0.4, 0.5) is 4.79 Å². The molecule has 3 aliphatic rings. The van der Waals surface area contributed by atoms with E-state index in [4.69, 9.17) is 0 Å². The molecular formula is C16H26N2O3. The molecule has 1 saturated carbocycles. The van der Waals surface area contributed by atoms with Crippen LogP contribution in [0.3, 0.4) is 0 Å². The van der Waals surface area contributed by atoms with E-state index < -0.39 is 5.97 Å². The molecule has 0 radical (unpaired) electrons. The summed E-state index contributed by atoms with van der Waals surface area (Å²) >= 11 is 0. The lowest BCUT2D eigenvalue weighted by atomic mass is 9.89. The Morgan fingerprint density at radius 1 is 1.14 bits per heavy atom. The zero-order chi connectivity index (χ0) is 14.8. The summed E-state index contributed by atoms with van der Waals surface area (Å²) in [6.45, 7) is 0.725. The van der Waals surface area contributed by atoms with Gasteiger partial charge in [0.2, 0.25) is 0 Å². The van der Waals surface area contributed by atoms with Crippen molar-refractivity contribution in [3.63, 3.8) is 0 Å². The fraction of sp³-hybridized carbons (Fsp3) is 0.875. The molecule has 2 bridgehead atoms. The minimum Gasteiger partial charge on any atom is -0.481 e. The summed E-state index contributed by atoms with van der Waals surface area (Å²) in [7, 11) is 0. The molecule has 0 aromatic heterocycles. The smallest absolute Gasteiger partial charge is 0.317 e. The second-order valence-electron chi connectivity index (χ2n) is 6.91. The van der Waals surface area contributed by atoms with Crippen molar-refractivity contribution in [3.8, 4) is 0 Å². The van der Waals surface area contributed by atoms with Crippen molar-refractivity contribution in [2.24, 2.45) is 11.8 Å². The lowest BCUT2D eigenvalue weighted by Gasteiger charge is -2.23. The molecule has 2 N–H and O–H groups in total. The number of nitrogens with zero attached hydrogens (tertiary/aromatic N) is 1. The van der Waals surface area contributed by atoms with Crippen molar-refractivity contribution in [1.82, 2.24) is 10.2 Å². The molecule has 3 rings (SSSR count). The Hall–Kier alpha value is -1.26. The number of urea groups is 1. The standard InChI is InChI=1S/C16H26N2O3/c19-15(20)13-10-12-7-8-14(13)18(12)16(21)17-9-3-6-11-4-1-2-5-11/h11-14H,1-10H2,(H,17,21)(H,19,20). The Morgan fingerprint density at radius 2 is 1.90 bits per heavy atom. The summed E-state index contributed by atoms with van der Waals surface area (Å²) in [5.74, 6) is -0.240. The van der Waals surface area contributed by atoms with Gasteiger partial charge in [-0.25, -0.2) is 4.79 Å². The quantitative estimate of drug-likeness (QED) is 0.766. The van der Waals surface area contributed by atoms with Crippen LogP contribution in [0.1, 0.15) is 57.8 Å². The highest BCUT2D eigenvalue weighted by molar-refractivity contribution is 5.79. The number of carboxylic acids is 1. The number of carboxylic acid groups (broad SMARTS) is 1. The molecule has 0 spiro atoms. The topological polar surface area (TPSA) is 69.6 Å². The van der Waals surface area contributed by atoms with Gasteiger partial charge in [0, 0.05) is 18.6 Å². The largest absolute Gasteiger partial charge is 0.481 e. The molecule has 2 heterocycles. The number of aliphatic carboxylic acids is 1. The van der Waals surface area contributed by atoms with Gasteiger partial charge in [0.25, 0.3) is 0 Å². The number of carbonyl (C=O) groups excluding carboxylic acids is 1. The molecule has 3 unspecified atom stereocenters. The normalized spacial score (nSPS) is 31.8. The van der Waals surface area contributed by atoms with Gasteiger partial charge in [-0.15, -0.1) is 0 Å². The summed E-state index contributed by atoms with van der Waals surface area (Å²) < 4.78 is 0. The van der Waals surface area contributed by atoms with Crippen LogP contribution >= 0.6 is 0 Å². The van der Waals surface area contributed by atoms with Crippen LogP contribution < -0.4 is 5.32 Å². The molecule has 3 fully saturated rings. The number of hydrogen-bond acceptors (Lipinski definition) is 2. The number of fused-ring (bicyclic) bond motifs is 2. The highest BCUT2D eigenvalue weighted by atomic mass is 16.4. The Labute approximate surface area is 126 Å². The van der Waals surface area contributed by atoms with Crippen LogP contribution in [-0.2, 0) is 4.79 Å². The fourth-order valence-corrected chi connectivity index (χ4v) is 4.55. The average Bonchev–Trinajstić information content (AvgIpc) is 3.18. The summed E-state index contributed by atoms with van der Waals surface area (Å²) in [6, 6.07) is 0.0194. The van der Waals surface area contributed by atoms with E-state index in [9.17, 15) is 14.7 Å². The van der Waals surface area contributed by atoms with E-state index in [0.717, 1.165) is 31.7 Å². The van der Waals surface area contributed by atoms with Crippen LogP contribution in [0.15, 0.2) is 0 Å². The second kappa shape index (κ2) is 6.24. The number of amides is 2. The molecule has 2 aliphatic heterocycles. The van der Waals surface area contributed by atoms with Gasteiger partial charge < -0.3 is 15.3 Å². The highest BCUT2D eigenvalue weighted by Gasteiger charge is 2.51. The van der Waals surface area contributed by atoms with Gasteiger partial charge in [0.15, 0.2) is 0 Å². The first kappa shape index (κ1) is 14.7. The Kier molecular flexibility index (Phi) is 4.36. The van der Waals surface area contributed by atoms with E-state index in [1.807, 2.05) is 4.90 Å². The van der Waals surface area contributed by atoms with Crippen LogP contribution in [0.5, 0.6) is 0 Å². The SMILES string of the molecule is O=C(O)C1CC2CCC1N2C(=O)NCCCC1CCCC1. The lowest BCUT2D eigenvalue weighted by Crippen LogP contribution is -2.44. The van der Waals surface area contributed by atoms with Gasteiger partial charge in [0.1, 0.15) is 0 Å². The average molecular weight is 294 g/mol. The summed E-state index contributed by atoms with van der Waals surface area (Å²) in [4.78, 5) is 25.3. The molecule has 5 nitrogen and oxygen atoms in total. The summed E-state index contributed by atoms with van der Waals surface area (Å²) in [5, 5.41) is 12.2. The molecule has 21 heavy (non-hydrogen) atoms. The zero-order valence-corrected chi connectivity index (χ0v) is 12.6.